The summed E-state index contributed by atoms with van der Waals surface area (Å²) >= 11 is 0. The Bertz CT molecular complexity index is 1200. The lowest BCUT2D eigenvalue weighted by Crippen LogP contribution is -2.22. The predicted molar refractivity (Wildman–Crippen MR) is 124 cm³/mol. The summed E-state index contributed by atoms with van der Waals surface area (Å²) in [6.07, 6.45) is 0. The highest BCUT2D eigenvalue weighted by Crippen LogP contribution is 2.55. The van der Waals surface area contributed by atoms with Crippen molar-refractivity contribution in [1.82, 2.24) is 0 Å². The van der Waals surface area contributed by atoms with Crippen LogP contribution in [0.5, 0.6) is 17.2 Å². The molecule has 0 saturated heterocycles. The van der Waals surface area contributed by atoms with Gasteiger partial charge in [0.1, 0.15) is 11.3 Å². The van der Waals surface area contributed by atoms with Gasteiger partial charge in [0.25, 0.3) is 0 Å². The molecule has 1 unspecified atom stereocenters. The predicted octanol–water partition coefficient (Wildman–Crippen LogP) is 5.00. The molecule has 0 aliphatic heterocycles. The van der Waals surface area contributed by atoms with E-state index in [2.05, 4.69) is 0 Å². The lowest BCUT2D eigenvalue weighted by atomic mass is 10.0. The van der Waals surface area contributed by atoms with E-state index in [9.17, 15) is 14.2 Å². The smallest absolute Gasteiger partial charge is 0.249 e. The SMILES string of the molecule is COc1ccc(OC)c(C(=O)P(=O)(C(=O)c2c(C)cccc2C)c2ccccc2)c1OC. The first kappa shape index (κ1) is 23.3. The number of carbonyl (C=O) groups excluding carboxylic acids is 2. The van der Waals surface area contributed by atoms with E-state index in [0.29, 0.717) is 11.1 Å². The van der Waals surface area contributed by atoms with Crippen molar-refractivity contribution in [3.8, 4) is 17.2 Å². The summed E-state index contributed by atoms with van der Waals surface area (Å²) < 4.78 is 30.7. The Hall–Kier alpha value is -3.37. The Kier molecular flexibility index (Phi) is 6.85. The molecule has 3 aromatic carbocycles. The van der Waals surface area contributed by atoms with Crippen LogP contribution in [0.2, 0.25) is 0 Å². The summed E-state index contributed by atoms with van der Waals surface area (Å²) in [5.41, 5.74) is -0.137. The number of hydrogen-bond donors (Lipinski definition) is 0. The third kappa shape index (κ3) is 3.82. The summed E-state index contributed by atoms with van der Waals surface area (Å²) in [6.45, 7) is 3.51. The Labute approximate surface area is 187 Å². The number of ether oxygens (including phenoxy) is 3. The molecular weight excluding hydrogens is 427 g/mol. The van der Waals surface area contributed by atoms with E-state index in [1.807, 2.05) is 6.07 Å². The fourth-order valence-corrected chi connectivity index (χ4v) is 6.15. The van der Waals surface area contributed by atoms with Crippen LogP contribution < -0.4 is 19.5 Å². The number of aryl methyl sites for hydroxylation is 2. The van der Waals surface area contributed by atoms with Crippen molar-refractivity contribution in [2.75, 3.05) is 21.3 Å². The average molecular weight is 452 g/mol. The van der Waals surface area contributed by atoms with Gasteiger partial charge in [-0.25, -0.2) is 0 Å². The molecule has 0 N–H and O–H groups in total. The molecule has 0 aliphatic rings. The zero-order valence-corrected chi connectivity index (χ0v) is 19.6. The van der Waals surface area contributed by atoms with Gasteiger partial charge in [-0.1, -0.05) is 48.5 Å². The van der Waals surface area contributed by atoms with E-state index >= 15 is 0 Å². The van der Waals surface area contributed by atoms with Crippen LogP contribution in [0.4, 0.5) is 0 Å². The quantitative estimate of drug-likeness (QED) is 0.448. The lowest BCUT2D eigenvalue weighted by Gasteiger charge is -2.21. The molecule has 0 heterocycles. The molecule has 0 saturated carbocycles. The first-order valence-corrected chi connectivity index (χ1v) is 11.6. The molecule has 3 rings (SSSR count). The van der Waals surface area contributed by atoms with Gasteiger partial charge >= 0.3 is 0 Å². The van der Waals surface area contributed by atoms with Crippen molar-refractivity contribution in [1.29, 1.82) is 0 Å². The second-order valence-electron chi connectivity index (χ2n) is 7.20. The summed E-state index contributed by atoms with van der Waals surface area (Å²) in [7, 11) is -0.170. The molecule has 0 aliphatic carbocycles. The largest absolute Gasteiger partial charge is 0.496 e. The van der Waals surface area contributed by atoms with Gasteiger partial charge < -0.3 is 18.8 Å². The summed E-state index contributed by atoms with van der Waals surface area (Å²) in [5, 5.41) is 0.143. The van der Waals surface area contributed by atoms with Crippen LogP contribution in [-0.2, 0) is 4.57 Å². The van der Waals surface area contributed by atoms with E-state index in [1.165, 1.54) is 39.5 Å². The van der Waals surface area contributed by atoms with Gasteiger partial charge in [-0.05, 0) is 37.1 Å². The highest BCUT2D eigenvalue weighted by Gasteiger charge is 2.46. The van der Waals surface area contributed by atoms with Gasteiger partial charge in [-0.15, -0.1) is 0 Å². The Balaban J connectivity index is 2.36. The number of hydrogen-bond acceptors (Lipinski definition) is 6. The normalized spacial score (nSPS) is 12.5. The summed E-state index contributed by atoms with van der Waals surface area (Å²) in [4.78, 5) is 27.9. The summed E-state index contributed by atoms with van der Waals surface area (Å²) in [6, 6.07) is 16.5. The monoisotopic (exact) mass is 452 g/mol. The number of carbonyl (C=O) groups is 2. The average Bonchev–Trinajstić information content (AvgIpc) is 2.82. The molecule has 3 aromatic rings. The third-order valence-electron chi connectivity index (χ3n) is 5.33. The lowest BCUT2D eigenvalue weighted by molar-refractivity contribution is 0.103. The Morgan fingerprint density at radius 1 is 0.656 bits per heavy atom. The van der Waals surface area contributed by atoms with Crippen LogP contribution in [-0.4, -0.2) is 32.4 Å². The molecule has 0 spiro atoms. The molecule has 6 nitrogen and oxygen atoms in total. The van der Waals surface area contributed by atoms with Crippen LogP contribution in [0.3, 0.4) is 0 Å². The van der Waals surface area contributed by atoms with Crippen molar-refractivity contribution >= 4 is 23.5 Å². The van der Waals surface area contributed by atoms with Crippen LogP contribution in [0.1, 0.15) is 31.8 Å². The van der Waals surface area contributed by atoms with Gasteiger partial charge in [-0.3, -0.25) is 9.59 Å². The van der Waals surface area contributed by atoms with E-state index in [0.717, 1.165) is 0 Å². The molecule has 0 bridgehead atoms. The topological polar surface area (TPSA) is 78.9 Å². The standard InChI is InChI=1S/C25H25O6P/c1-16-10-9-11-17(2)21(16)24(26)32(28,18-12-7-6-8-13-18)25(27)22-19(29-3)14-15-20(30-4)23(22)31-5/h6-15H,1-5H3. The van der Waals surface area contributed by atoms with Crippen LogP contribution in [0.15, 0.2) is 60.7 Å². The number of methoxy groups -OCH3 is 3. The second-order valence-corrected chi connectivity index (χ2v) is 9.75. The fourth-order valence-electron chi connectivity index (χ4n) is 3.71. The highest BCUT2D eigenvalue weighted by molar-refractivity contribution is 8.01. The summed E-state index contributed by atoms with van der Waals surface area (Å²) in [5.74, 6) is 0.455. The Morgan fingerprint density at radius 3 is 1.72 bits per heavy atom. The van der Waals surface area contributed by atoms with Crippen molar-refractivity contribution in [2.24, 2.45) is 0 Å². The Morgan fingerprint density at radius 2 is 1.19 bits per heavy atom. The number of benzene rings is 3. The molecule has 0 aromatic heterocycles. The van der Waals surface area contributed by atoms with E-state index in [-0.39, 0.29) is 33.7 Å². The number of rotatable bonds is 8. The van der Waals surface area contributed by atoms with Crippen LogP contribution in [0, 0.1) is 13.8 Å². The van der Waals surface area contributed by atoms with Crippen molar-refractivity contribution in [3.63, 3.8) is 0 Å². The minimum absolute atomic E-state index is 0.0577. The van der Waals surface area contributed by atoms with E-state index in [1.54, 1.807) is 50.2 Å². The van der Waals surface area contributed by atoms with Gasteiger partial charge in [0.05, 0.1) is 21.3 Å². The minimum Gasteiger partial charge on any atom is -0.496 e. The van der Waals surface area contributed by atoms with Crippen LogP contribution >= 0.6 is 7.14 Å². The maximum atomic E-state index is 14.6. The maximum Gasteiger partial charge on any atom is 0.249 e. The second kappa shape index (κ2) is 9.41. The minimum atomic E-state index is -4.36. The molecule has 0 fully saturated rings. The maximum absolute atomic E-state index is 14.6. The molecule has 166 valence electrons. The van der Waals surface area contributed by atoms with Crippen molar-refractivity contribution < 1.29 is 28.4 Å². The van der Waals surface area contributed by atoms with Gasteiger partial charge in [-0.2, -0.15) is 0 Å². The van der Waals surface area contributed by atoms with E-state index in [4.69, 9.17) is 14.2 Å². The zero-order valence-electron chi connectivity index (χ0n) is 18.7. The van der Waals surface area contributed by atoms with Gasteiger partial charge in [0.2, 0.25) is 18.2 Å². The van der Waals surface area contributed by atoms with Crippen molar-refractivity contribution in [3.05, 3.63) is 82.9 Å². The molecular formula is C25H25O6P. The van der Waals surface area contributed by atoms with Gasteiger partial charge in [0.15, 0.2) is 11.5 Å². The molecule has 1 atom stereocenters. The van der Waals surface area contributed by atoms with Gasteiger partial charge in [0, 0.05) is 10.9 Å². The molecule has 32 heavy (non-hydrogen) atoms. The first-order chi connectivity index (χ1) is 15.3. The molecule has 0 radical (unpaired) electrons. The zero-order chi connectivity index (χ0) is 23.5. The third-order valence-corrected chi connectivity index (χ3v) is 7.94. The molecule has 0 amide bonds. The van der Waals surface area contributed by atoms with E-state index < -0.39 is 18.2 Å². The first-order valence-electron chi connectivity index (χ1n) is 9.91. The fraction of sp³-hybridized carbons (Fsp3) is 0.200. The highest BCUT2D eigenvalue weighted by atomic mass is 31.2. The van der Waals surface area contributed by atoms with Crippen LogP contribution in [0.25, 0.3) is 0 Å². The molecule has 7 heteroatoms. The van der Waals surface area contributed by atoms with Crippen molar-refractivity contribution in [2.45, 2.75) is 13.8 Å².